The minimum atomic E-state index is -0.353. The molecule has 0 aromatic heterocycles. The summed E-state index contributed by atoms with van der Waals surface area (Å²) < 4.78 is 19.9. The van der Waals surface area contributed by atoms with Gasteiger partial charge in [-0.3, -0.25) is 4.79 Å². The van der Waals surface area contributed by atoms with E-state index in [1.165, 1.54) is 25.3 Å². The fraction of sp³-hybridized carbons (Fsp3) is 0.650. The summed E-state index contributed by atoms with van der Waals surface area (Å²) in [5, 5.41) is 9.42. The van der Waals surface area contributed by atoms with E-state index in [1.54, 1.807) is 12.1 Å². The van der Waals surface area contributed by atoms with Crippen molar-refractivity contribution >= 4 is 17.3 Å². The average Bonchev–Trinajstić information content (AvgIpc) is 3.30. The van der Waals surface area contributed by atoms with Crippen molar-refractivity contribution < 1.29 is 13.9 Å². The molecule has 0 bridgehead atoms. The number of fused-ring (bicyclic) bond motifs is 1. The lowest BCUT2D eigenvalue weighted by Crippen LogP contribution is -2.39. The van der Waals surface area contributed by atoms with E-state index >= 15 is 0 Å². The molecule has 4 rings (SSSR count). The van der Waals surface area contributed by atoms with Gasteiger partial charge in [0.2, 0.25) is 5.91 Å². The summed E-state index contributed by atoms with van der Waals surface area (Å²) in [5.74, 6) is 0.202. The average molecular weight is 361 g/mol. The van der Waals surface area contributed by atoms with Crippen LogP contribution in [0, 0.1) is 11.7 Å². The Labute approximate surface area is 154 Å². The number of benzene rings is 1. The number of anilines is 2. The molecule has 4 atom stereocenters. The lowest BCUT2D eigenvalue weighted by Gasteiger charge is -2.24. The Balaban J connectivity index is 1.31. The van der Waals surface area contributed by atoms with E-state index in [1.807, 2.05) is 0 Å². The smallest absolute Gasteiger partial charge is 0.241 e. The van der Waals surface area contributed by atoms with Crippen molar-refractivity contribution in [3.05, 3.63) is 24.0 Å². The first-order valence-electron chi connectivity index (χ1n) is 9.91. The van der Waals surface area contributed by atoms with E-state index in [-0.39, 0.29) is 23.9 Å². The number of amides is 1. The van der Waals surface area contributed by atoms with E-state index in [2.05, 4.69) is 16.0 Å². The highest BCUT2D eigenvalue weighted by molar-refractivity contribution is 5.95. The number of carbonyl (C=O) groups is 1. The first kappa shape index (κ1) is 17.7. The third-order valence-electron chi connectivity index (χ3n) is 5.96. The Kier molecular flexibility index (Phi) is 5.41. The number of ether oxygens (including phenoxy) is 1. The van der Waals surface area contributed by atoms with E-state index in [0.717, 1.165) is 32.3 Å². The maximum absolute atomic E-state index is 14.3. The molecule has 2 heterocycles. The molecule has 0 radical (unpaired) electrons. The van der Waals surface area contributed by atoms with Gasteiger partial charge in [0.25, 0.3) is 0 Å². The summed E-state index contributed by atoms with van der Waals surface area (Å²) >= 11 is 0. The molecule has 3 fully saturated rings. The molecule has 3 aliphatic rings. The van der Waals surface area contributed by atoms with Gasteiger partial charge in [-0.05, 0) is 56.2 Å². The summed E-state index contributed by atoms with van der Waals surface area (Å²) in [7, 11) is 0. The van der Waals surface area contributed by atoms with Gasteiger partial charge >= 0.3 is 0 Å². The largest absolute Gasteiger partial charge is 0.380 e. The fourth-order valence-electron chi connectivity index (χ4n) is 4.52. The molecule has 5 nitrogen and oxygen atoms in total. The van der Waals surface area contributed by atoms with Crippen molar-refractivity contribution in [1.82, 2.24) is 5.32 Å². The van der Waals surface area contributed by atoms with Crippen LogP contribution in [0.4, 0.5) is 15.8 Å². The minimum absolute atomic E-state index is 0.0566. The fourth-order valence-corrected chi connectivity index (χ4v) is 4.52. The molecule has 26 heavy (non-hydrogen) atoms. The quantitative estimate of drug-likeness (QED) is 0.753. The Morgan fingerprint density at radius 3 is 2.88 bits per heavy atom. The van der Waals surface area contributed by atoms with Crippen LogP contribution in [0.1, 0.15) is 44.9 Å². The van der Waals surface area contributed by atoms with E-state index in [4.69, 9.17) is 4.74 Å². The molecular weight excluding hydrogens is 333 g/mol. The van der Waals surface area contributed by atoms with Gasteiger partial charge in [0.1, 0.15) is 5.82 Å². The number of nitrogens with one attached hydrogen (secondary N) is 3. The van der Waals surface area contributed by atoms with Gasteiger partial charge < -0.3 is 20.7 Å². The Bertz CT molecular complexity index is 634. The monoisotopic (exact) mass is 361 g/mol. The lowest BCUT2D eigenvalue weighted by molar-refractivity contribution is -0.117. The van der Waals surface area contributed by atoms with Crippen LogP contribution in [-0.4, -0.2) is 37.2 Å². The van der Waals surface area contributed by atoms with Gasteiger partial charge in [0, 0.05) is 24.9 Å². The zero-order valence-corrected chi connectivity index (χ0v) is 15.1. The van der Waals surface area contributed by atoms with Gasteiger partial charge in [-0.15, -0.1) is 0 Å². The number of carbonyl (C=O) groups excluding carboxylic acids is 1. The van der Waals surface area contributed by atoms with E-state index in [0.29, 0.717) is 29.9 Å². The van der Waals surface area contributed by atoms with Crippen molar-refractivity contribution in [3.63, 3.8) is 0 Å². The van der Waals surface area contributed by atoms with Crippen LogP contribution in [0.15, 0.2) is 18.2 Å². The second-order valence-electron chi connectivity index (χ2n) is 7.81. The van der Waals surface area contributed by atoms with Gasteiger partial charge in [0.05, 0.1) is 17.8 Å². The Morgan fingerprint density at radius 2 is 2.12 bits per heavy atom. The van der Waals surface area contributed by atoms with Gasteiger partial charge in [0.15, 0.2) is 0 Å². The maximum Gasteiger partial charge on any atom is 0.241 e. The van der Waals surface area contributed by atoms with E-state index in [9.17, 15) is 9.18 Å². The molecule has 4 unspecified atom stereocenters. The highest BCUT2D eigenvalue weighted by atomic mass is 19.1. The van der Waals surface area contributed by atoms with Gasteiger partial charge in [-0.2, -0.15) is 0 Å². The van der Waals surface area contributed by atoms with Crippen LogP contribution in [0.2, 0.25) is 0 Å². The van der Waals surface area contributed by atoms with E-state index < -0.39 is 0 Å². The summed E-state index contributed by atoms with van der Waals surface area (Å²) in [6.07, 6.45) is 8.01. The summed E-state index contributed by atoms with van der Waals surface area (Å²) in [5.41, 5.74) is 0.954. The second kappa shape index (κ2) is 7.92. The number of rotatable bonds is 5. The molecule has 1 saturated carbocycles. The first-order chi connectivity index (χ1) is 12.7. The molecule has 2 saturated heterocycles. The van der Waals surface area contributed by atoms with Crippen LogP contribution in [0.5, 0.6) is 0 Å². The van der Waals surface area contributed by atoms with Crippen LogP contribution >= 0.6 is 0 Å². The molecule has 0 spiro atoms. The maximum atomic E-state index is 14.3. The molecule has 142 valence electrons. The summed E-state index contributed by atoms with van der Waals surface area (Å²) in [6.45, 7) is 1.40. The third kappa shape index (κ3) is 4.01. The first-order valence-corrected chi connectivity index (χ1v) is 9.91. The molecule has 1 aliphatic carbocycles. The lowest BCUT2D eigenvalue weighted by atomic mass is 9.85. The predicted molar refractivity (Wildman–Crippen MR) is 99.8 cm³/mol. The summed E-state index contributed by atoms with van der Waals surface area (Å²) in [4.78, 5) is 12.5. The second-order valence-corrected chi connectivity index (χ2v) is 7.81. The standard InChI is InChI=1S/C20H28FN3O2/c21-16-11-14(7-8-18(16)22-12-15-5-3-9-26-15)23-20(25)19-10-13-4-1-2-6-17(13)24-19/h7-8,11,13,15,17,19,22,24H,1-6,9-10,12H2,(H,23,25). The zero-order valence-electron chi connectivity index (χ0n) is 15.1. The number of hydrogen-bond donors (Lipinski definition) is 3. The zero-order chi connectivity index (χ0) is 17.9. The topological polar surface area (TPSA) is 62.4 Å². The van der Waals surface area contributed by atoms with Crippen molar-refractivity contribution in [2.45, 2.75) is 63.1 Å². The SMILES string of the molecule is O=C(Nc1ccc(NCC2CCCO2)c(F)c1)C1CC2CCCCC2N1. The molecular formula is C20H28FN3O2. The molecule has 2 aliphatic heterocycles. The highest BCUT2D eigenvalue weighted by Gasteiger charge is 2.38. The third-order valence-corrected chi connectivity index (χ3v) is 5.96. The van der Waals surface area contributed by atoms with Crippen molar-refractivity contribution in [1.29, 1.82) is 0 Å². The summed E-state index contributed by atoms with van der Waals surface area (Å²) in [6, 6.07) is 5.13. The van der Waals surface area contributed by atoms with Gasteiger partial charge in [-0.1, -0.05) is 12.8 Å². The van der Waals surface area contributed by atoms with Crippen LogP contribution < -0.4 is 16.0 Å². The van der Waals surface area contributed by atoms with Crippen LogP contribution in [0.3, 0.4) is 0 Å². The number of hydrogen-bond acceptors (Lipinski definition) is 4. The molecule has 1 aromatic rings. The van der Waals surface area contributed by atoms with Crippen molar-refractivity contribution in [2.24, 2.45) is 5.92 Å². The molecule has 6 heteroatoms. The Morgan fingerprint density at radius 1 is 1.23 bits per heavy atom. The predicted octanol–water partition coefficient (Wildman–Crippen LogP) is 3.28. The molecule has 1 amide bonds. The van der Waals surface area contributed by atoms with Crippen molar-refractivity contribution in [3.8, 4) is 0 Å². The normalized spacial score (nSPS) is 30.8. The van der Waals surface area contributed by atoms with Crippen molar-refractivity contribution in [2.75, 3.05) is 23.8 Å². The Hall–Kier alpha value is -1.66. The van der Waals surface area contributed by atoms with Crippen LogP contribution in [0.25, 0.3) is 0 Å². The number of halogens is 1. The van der Waals surface area contributed by atoms with Crippen LogP contribution in [-0.2, 0) is 9.53 Å². The minimum Gasteiger partial charge on any atom is -0.380 e. The van der Waals surface area contributed by atoms with Gasteiger partial charge in [-0.25, -0.2) is 4.39 Å². The highest BCUT2D eigenvalue weighted by Crippen LogP contribution is 2.33. The molecule has 1 aromatic carbocycles. The molecule has 3 N–H and O–H groups in total.